The van der Waals surface area contributed by atoms with E-state index in [4.69, 9.17) is 13.9 Å². The summed E-state index contributed by atoms with van der Waals surface area (Å²) in [5.74, 6) is 3.86. The zero-order valence-corrected chi connectivity index (χ0v) is 14.7. The third-order valence-electron chi connectivity index (χ3n) is 3.65. The maximum atomic E-state index is 6.02. The molecule has 0 fully saturated rings. The van der Waals surface area contributed by atoms with Gasteiger partial charge in [0.05, 0.1) is 20.0 Å². The Morgan fingerprint density at radius 2 is 1.42 bits per heavy atom. The van der Waals surface area contributed by atoms with Gasteiger partial charge in [0.15, 0.2) is 5.76 Å². The molecule has 0 aliphatic rings. The number of aromatic nitrogens is 1. The standard InChI is InChI=1S/C19H19NO3S/c1-21-15-8-4-13(5-9-15)18-19(23-17(20-18)12-24-3)14-6-10-16(22-2)11-7-14/h4-11H,12H2,1-3H3. The number of benzene rings is 2. The van der Waals surface area contributed by atoms with E-state index in [0.717, 1.165) is 45.7 Å². The molecule has 24 heavy (non-hydrogen) atoms. The van der Waals surface area contributed by atoms with Crippen LogP contribution in [0.4, 0.5) is 0 Å². The van der Waals surface area contributed by atoms with Gasteiger partial charge in [-0.05, 0) is 54.8 Å². The molecule has 0 amide bonds. The second kappa shape index (κ2) is 7.45. The van der Waals surface area contributed by atoms with E-state index in [1.807, 2.05) is 54.8 Å². The largest absolute Gasteiger partial charge is 0.497 e. The lowest BCUT2D eigenvalue weighted by Gasteiger charge is -2.04. The summed E-state index contributed by atoms with van der Waals surface area (Å²) in [5.41, 5.74) is 2.81. The highest BCUT2D eigenvalue weighted by atomic mass is 32.2. The third kappa shape index (κ3) is 3.41. The summed E-state index contributed by atoms with van der Waals surface area (Å²) in [6.45, 7) is 0. The van der Waals surface area contributed by atoms with Crippen molar-refractivity contribution in [2.75, 3.05) is 20.5 Å². The highest BCUT2D eigenvalue weighted by Crippen LogP contribution is 2.34. The molecular formula is C19H19NO3S. The number of nitrogens with zero attached hydrogens (tertiary/aromatic N) is 1. The molecule has 0 aliphatic carbocycles. The molecule has 1 heterocycles. The van der Waals surface area contributed by atoms with Crippen molar-refractivity contribution >= 4 is 11.8 Å². The average Bonchev–Trinajstić information content (AvgIpc) is 3.06. The summed E-state index contributed by atoms with van der Waals surface area (Å²) in [5, 5.41) is 0. The summed E-state index contributed by atoms with van der Waals surface area (Å²) >= 11 is 1.68. The molecule has 3 rings (SSSR count). The first-order chi connectivity index (χ1) is 11.7. The first-order valence-corrected chi connectivity index (χ1v) is 8.92. The van der Waals surface area contributed by atoms with Gasteiger partial charge in [0.1, 0.15) is 17.2 Å². The summed E-state index contributed by atoms with van der Waals surface area (Å²) in [6.07, 6.45) is 2.03. The molecule has 2 aromatic carbocycles. The van der Waals surface area contributed by atoms with Gasteiger partial charge in [0.25, 0.3) is 0 Å². The molecule has 0 N–H and O–H groups in total. The number of oxazole rings is 1. The maximum absolute atomic E-state index is 6.02. The number of hydrogen-bond acceptors (Lipinski definition) is 5. The van der Waals surface area contributed by atoms with Crippen LogP contribution >= 0.6 is 11.8 Å². The molecule has 124 valence electrons. The lowest BCUT2D eigenvalue weighted by atomic mass is 10.1. The van der Waals surface area contributed by atoms with E-state index in [2.05, 4.69) is 4.98 Å². The van der Waals surface area contributed by atoms with Crippen molar-refractivity contribution in [1.29, 1.82) is 0 Å². The van der Waals surface area contributed by atoms with E-state index < -0.39 is 0 Å². The predicted molar refractivity (Wildman–Crippen MR) is 97.7 cm³/mol. The minimum absolute atomic E-state index is 0.721. The van der Waals surface area contributed by atoms with Gasteiger partial charge in [-0.25, -0.2) is 4.98 Å². The molecule has 0 radical (unpaired) electrons. The van der Waals surface area contributed by atoms with Crippen LogP contribution in [0.1, 0.15) is 5.89 Å². The fourth-order valence-electron chi connectivity index (χ4n) is 2.43. The molecule has 1 aromatic heterocycles. The summed E-state index contributed by atoms with van der Waals surface area (Å²) in [4.78, 5) is 4.69. The lowest BCUT2D eigenvalue weighted by Crippen LogP contribution is -1.86. The van der Waals surface area contributed by atoms with Gasteiger partial charge in [-0.2, -0.15) is 11.8 Å². The normalized spacial score (nSPS) is 10.6. The minimum atomic E-state index is 0.721. The number of rotatable bonds is 6. The topological polar surface area (TPSA) is 44.5 Å². The zero-order valence-electron chi connectivity index (χ0n) is 13.9. The van der Waals surface area contributed by atoms with Gasteiger partial charge < -0.3 is 13.9 Å². The molecule has 4 nitrogen and oxygen atoms in total. The first-order valence-electron chi connectivity index (χ1n) is 7.52. The van der Waals surface area contributed by atoms with Crippen molar-refractivity contribution in [3.05, 3.63) is 54.4 Å². The Morgan fingerprint density at radius 3 is 1.92 bits per heavy atom. The smallest absolute Gasteiger partial charge is 0.205 e. The van der Waals surface area contributed by atoms with Crippen LogP contribution in [0.5, 0.6) is 11.5 Å². The second-order valence-electron chi connectivity index (χ2n) is 5.18. The Labute approximate surface area is 145 Å². The van der Waals surface area contributed by atoms with E-state index in [9.17, 15) is 0 Å². The number of ether oxygens (including phenoxy) is 2. The molecule has 0 spiro atoms. The Morgan fingerprint density at radius 1 is 0.875 bits per heavy atom. The van der Waals surface area contributed by atoms with Crippen LogP contribution in [0.25, 0.3) is 22.6 Å². The van der Waals surface area contributed by atoms with Crippen molar-refractivity contribution in [3.8, 4) is 34.1 Å². The van der Waals surface area contributed by atoms with Crippen molar-refractivity contribution < 1.29 is 13.9 Å². The molecule has 3 aromatic rings. The predicted octanol–water partition coefficient (Wildman–Crippen LogP) is 4.89. The van der Waals surface area contributed by atoms with Crippen molar-refractivity contribution in [1.82, 2.24) is 4.98 Å². The lowest BCUT2D eigenvalue weighted by molar-refractivity contribution is 0.414. The average molecular weight is 341 g/mol. The van der Waals surface area contributed by atoms with Crippen LogP contribution in [0.2, 0.25) is 0 Å². The van der Waals surface area contributed by atoms with Gasteiger partial charge >= 0.3 is 0 Å². The van der Waals surface area contributed by atoms with E-state index in [1.165, 1.54) is 0 Å². The molecular weight excluding hydrogens is 322 g/mol. The molecule has 0 aliphatic heterocycles. The number of methoxy groups -OCH3 is 2. The van der Waals surface area contributed by atoms with Crippen LogP contribution in [-0.4, -0.2) is 25.5 Å². The van der Waals surface area contributed by atoms with Crippen molar-refractivity contribution in [3.63, 3.8) is 0 Å². The summed E-state index contributed by atoms with van der Waals surface area (Å²) < 4.78 is 16.5. The van der Waals surface area contributed by atoms with Gasteiger partial charge in [-0.15, -0.1) is 0 Å². The molecule has 0 bridgehead atoms. The highest BCUT2D eigenvalue weighted by molar-refractivity contribution is 7.97. The molecule has 5 heteroatoms. The Kier molecular flexibility index (Phi) is 5.11. The van der Waals surface area contributed by atoms with Gasteiger partial charge in [0.2, 0.25) is 5.89 Å². The van der Waals surface area contributed by atoms with Gasteiger partial charge in [0, 0.05) is 11.1 Å². The van der Waals surface area contributed by atoms with Crippen LogP contribution in [0, 0.1) is 0 Å². The van der Waals surface area contributed by atoms with Crippen LogP contribution in [0.3, 0.4) is 0 Å². The van der Waals surface area contributed by atoms with Gasteiger partial charge in [-0.3, -0.25) is 0 Å². The Balaban J connectivity index is 2.05. The fourth-order valence-corrected chi connectivity index (χ4v) is 2.80. The maximum Gasteiger partial charge on any atom is 0.205 e. The fraction of sp³-hybridized carbons (Fsp3) is 0.211. The third-order valence-corrected chi connectivity index (χ3v) is 4.19. The van der Waals surface area contributed by atoms with Crippen LogP contribution in [-0.2, 0) is 5.75 Å². The molecule has 0 atom stereocenters. The molecule has 0 saturated carbocycles. The van der Waals surface area contributed by atoms with E-state index in [0.29, 0.717) is 0 Å². The summed E-state index contributed by atoms with van der Waals surface area (Å²) in [7, 11) is 3.31. The summed E-state index contributed by atoms with van der Waals surface area (Å²) in [6, 6.07) is 15.6. The zero-order chi connectivity index (χ0) is 16.9. The van der Waals surface area contributed by atoms with E-state index >= 15 is 0 Å². The minimum Gasteiger partial charge on any atom is -0.497 e. The number of hydrogen-bond donors (Lipinski definition) is 0. The second-order valence-corrected chi connectivity index (χ2v) is 6.04. The van der Waals surface area contributed by atoms with Crippen molar-refractivity contribution in [2.45, 2.75) is 5.75 Å². The monoisotopic (exact) mass is 341 g/mol. The van der Waals surface area contributed by atoms with E-state index in [1.54, 1.807) is 26.0 Å². The molecule has 0 saturated heterocycles. The van der Waals surface area contributed by atoms with E-state index in [-0.39, 0.29) is 0 Å². The first kappa shape index (κ1) is 16.5. The van der Waals surface area contributed by atoms with Crippen LogP contribution in [0.15, 0.2) is 52.9 Å². The Hall–Kier alpha value is -2.40. The number of thioether (sulfide) groups is 1. The molecule has 0 unspecified atom stereocenters. The van der Waals surface area contributed by atoms with Gasteiger partial charge in [-0.1, -0.05) is 0 Å². The van der Waals surface area contributed by atoms with Crippen molar-refractivity contribution in [2.24, 2.45) is 0 Å². The highest BCUT2D eigenvalue weighted by Gasteiger charge is 2.17. The Bertz CT molecular complexity index is 729. The SMILES string of the molecule is COc1ccc(-c2nc(CSC)oc2-c2ccc(OC)cc2)cc1. The quantitative estimate of drug-likeness (QED) is 0.639. The van der Waals surface area contributed by atoms with Crippen LogP contribution < -0.4 is 9.47 Å².